The van der Waals surface area contributed by atoms with E-state index in [1.807, 2.05) is 24.3 Å². The van der Waals surface area contributed by atoms with Gasteiger partial charge in [-0.05, 0) is 54.1 Å². The second-order valence-electron chi connectivity index (χ2n) is 7.56. The van der Waals surface area contributed by atoms with Crippen LogP contribution >= 0.6 is 0 Å². The standard InChI is InChI=1S/C27H20N2O3/c1-29-23-9-3-2-8-21(23)22-16-18(11-13-24(22)29)12-14-25(30)19-6-4-7-20(17-19)28-27(31)26-10-5-15-32-26/h2-17H,1H3,(H,28,31)/b14-12+. The summed E-state index contributed by atoms with van der Waals surface area (Å²) in [4.78, 5) is 24.9. The van der Waals surface area contributed by atoms with Gasteiger partial charge in [0.25, 0.3) is 5.91 Å². The molecule has 5 nitrogen and oxygen atoms in total. The molecule has 156 valence electrons. The van der Waals surface area contributed by atoms with Crippen LogP contribution in [-0.2, 0) is 7.05 Å². The van der Waals surface area contributed by atoms with Crippen molar-refractivity contribution < 1.29 is 14.0 Å². The van der Waals surface area contributed by atoms with Gasteiger partial charge in [0.2, 0.25) is 0 Å². The quantitative estimate of drug-likeness (QED) is 0.277. The summed E-state index contributed by atoms with van der Waals surface area (Å²) in [5.41, 5.74) is 4.29. The monoisotopic (exact) mass is 420 g/mol. The highest BCUT2D eigenvalue weighted by Gasteiger charge is 2.11. The maximum Gasteiger partial charge on any atom is 0.291 e. The summed E-state index contributed by atoms with van der Waals surface area (Å²) in [6.45, 7) is 0. The van der Waals surface area contributed by atoms with E-state index in [0.29, 0.717) is 11.3 Å². The summed E-state index contributed by atoms with van der Waals surface area (Å²) in [7, 11) is 2.06. The van der Waals surface area contributed by atoms with Crippen molar-refractivity contribution in [2.45, 2.75) is 0 Å². The number of nitrogens with zero attached hydrogens (tertiary/aromatic N) is 1. The number of fused-ring (bicyclic) bond motifs is 3. The van der Waals surface area contributed by atoms with E-state index in [-0.39, 0.29) is 17.5 Å². The number of hydrogen-bond acceptors (Lipinski definition) is 3. The van der Waals surface area contributed by atoms with E-state index in [1.54, 1.807) is 42.5 Å². The number of allylic oxidation sites excluding steroid dienone is 1. The third-order valence-electron chi connectivity index (χ3n) is 5.51. The maximum absolute atomic E-state index is 12.7. The first-order valence-electron chi connectivity index (χ1n) is 10.2. The smallest absolute Gasteiger partial charge is 0.291 e. The Morgan fingerprint density at radius 1 is 0.875 bits per heavy atom. The van der Waals surface area contributed by atoms with E-state index < -0.39 is 0 Å². The fourth-order valence-corrected chi connectivity index (χ4v) is 3.91. The number of benzene rings is 3. The summed E-state index contributed by atoms with van der Waals surface area (Å²) in [6.07, 6.45) is 4.81. The molecule has 2 aromatic heterocycles. The number of anilines is 1. The number of carbonyl (C=O) groups is 2. The summed E-state index contributed by atoms with van der Waals surface area (Å²) in [5, 5.41) is 5.08. The molecule has 1 amide bonds. The van der Waals surface area contributed by atoms with Gasteiger partial charge in [0.05, 0.1) is 6.26 Å². The topological polar surface area (TPSA) is 64.2 Å². The van der Waals surface area contributed by atoms with Crippen molar-refractivity contribution in [2.75, 3.05) is 5.32 Å². The number of amides is 1. The van der Waals surface area contributed by atoms with Crippen molar-refractivity contribution in [1.29, 1.82) is 0 Å². The highest BCUT2D eigenvalue weighted by molar-refractivity contribution is 6.10. The minimum Gasteiger partial charge on any atom is -0.459 e. The minimum atomic E-state index is -0.362. The molecular formula is C27H20N2O3. The van der Waals surface area contributed by atoms with E-state index >= 15 is 0 Å². The molecular weight excluding hydrogens is 400 g/mol. The molecule has 0 aliphatic carbocycles. The van der Waals surface area contributed by atoms with Gasteiger partial charge in [0.1, 0.15) is 0 Å². The molecule has 0 spiro atoms. The lowest BCUT2D eigenvalue weighted by Gasteiger charge is -2.04. The predicted molar refractivity (Wildman–Crippen MR) is 127 cm³/mol. The van der Waals surface area contributed by atoms with Gasteiger partial charge in [-0.3, -0.25) is 9.59 Å². The molecule has 32 heavy (non-hydrogen) atoms. The Balaban J connectivity index is 1.38. The number of ketones is 1. The van der Waals surface area contributed by atoms with Gasteiger partial charge < -0.3 is 14.3 Å². The van der Waals surface area contributed by atoms with Crippen LogP contribution in [-0.4, -0.2) is 16.3 Å². The Kier molecular flexibility index (Phi) is 4.92. The fraction of sp³-hybridized carbons (Fsp3) is 0.0370. The number of furan rings is 1. The SMILES string of the molecule is Cn1c2ccccc2c2cc(/C=C/C(=O)c3cccc(NC(=O)c4ccco4)c3)ccc21. The van der Waals surface area contributed by atoms with Crippen LogP contribution in [0.25, 0.3) is 27.9 Å². The lowest BCUT2D eigenvalue weighted by atomic mass is 10.1. The normalized spacial score (nSPS) is 11.4. The summed E-state index contributed by atoms with van der Waals surface area (Å²) in [5.74, 6) is -0.291. The van der Waals surface area contributed by atoms with Gasteiger partial charge in [0, 0.05) is 40.1 Å². The van der Waals surface area contributed by atoms with Gasteiger partial charge in [-0.1, -0.05) is 42.5 Å². The molecule has 2 heterocycles. The third-order valence-corrected chi connectivity index (χ3v) is 5.51. The van der Waals surface area contributed by atoms with E-state index in [4.69, 9.17) is 4.42 Å². The largest absolute Gasteiger partial charge is 0.459 e. The van der Waals surface area contributed by atoms with Crippen LogP contribution in [0.5, 0.6) is 0 Å². The summed E-state index contributed by atoms with van der Waals surface area (Å²) >= 11 is 0. The van der Waals surface area contributed by atoms with Crippen molar-refractivity contribution in [3.05, 3.63) is 108 Å². The molecule has 0 fully saturated rings. The van der Waals surface area contributed by atoms with E-state index in [2.05, 4.69) is 41.2 Å². The second-order valence-corrected chi connectivity index (χ2v) is 7.56. The molecule has 3 aromatic carbocycles. The minimum absolute atomic E-state index is 0.142. The predicted octanol–water partition coefficient (Wildman–Crippen LogP) is 6.07. The number of nitrogens with one attached hydrogen (secondary N) is 1. The van der Waals surface area contributed by atoms with Crippen LogP contribution in [0, 0.1) is 0 Å². The molecule has 5 heteroatoms. The number of aromatic nitrogens is 1. The van der Waals surface area contributed by atoms with Crippen LogP contribution in [0.3, 0.4) is 0 Å². The average molecular weight is 420 g/mol. The zero-order chi connectivity index (χ0) is 22.1. The fourth-order valence-electron chi connectivity index (χ4n) is 3.91. The molecule has 1 N–H and O–H groups in total. The highest BCUT2D eigenvalue weighted by atomic mass is 16.3. The van der Waals surface area contributed by atoms with Crippen LogP contribution < -0.4 is 5.32 Å². The van der Waals surface area contributed by atoms with Crippen LogP contribution in [0.2, 0.25) is 0 Å². The number of carbonyl (C=O) groups excluding carboxylic acids is 2. The number of hydrogen-bond donors (Lipinski definition) is 1. The van der Waals surface area contributed by atoms with Crippen LogP contribution in [0.15, 0.2) is 95.6 Å². The van der Waals surface area contributed by atoms with Gasteiger partial charge in [0.15, 0.2) is 11.5 Å². The number of rotatable bonds is 5. The van der Waals surface area contributed by atoms with Crippen molar-refractivity contribution in [1.82, 2.24) is 4.57 Å². The lowest BCUT2D eigenvalue weighted by molar-refractivity contribution is 0.0994. The van der Waals surface area contributed by atoms with Gasteiger partial charge in [-0.25, -0.2) is 0 Å². The van der Waals surface area contributed by atoms with Crippen molar-refractivity contribution in [3.8, 4) is 0 Å². The summed E-state index contributed by atoms with van der Waals surface area (Å²) in [6, 6.07) is 24.5. The van der Waals surface area contributed by atoms with Gasteiger partial charge in [-0.2, -0.15) is 0 Å². The van der Waals surface area contributed by atoms with E-state index in [1.165, 1.54) is 17.2 Å². The van der Waals surface area contributed by atoms with Crippen molar-refractivity contribution >= 4 is 45.3 Å². The molecule has 5 aromatic rings. The molecule has 0 aliphatic rings. The second kappa shape index (κ2) is 8.04. The van der Waals surface area contributed by atoms with Crippen LogP contribution in [0.4, 0.5) is 5.69 Å². The first kappa shape index (κ1) is 19.6. The molecule has 0 aliphatic heterocycles. The summed E-state index contributed by atoms with van der Waals surface area (Å²) < 4.78 is 7.27. The number of aryl methyl sites for hydroxylation is 1. The molecule has 5 rings (SSSR count). The Bertz CT molecular complexity index is 1490. The Hall–Kier alpha value is -4.38. The molecule has 0 saturated heterocycles. The van der Waals surface area contributed by atoms with E-state index in [0.717, 1.165) is 16.5 Å². The molecule has 0 unspecified atom stereocenters. The molecule has 0 atom stereocenters. The molecule has 0 saturated carbocycles. The highest BCUT2D eigenvalue weighted by Crippen LogP contribution is 2.29. The van der Waals surface area contributed by atoms with Gasteiger partial charge >= 0.3 is 0 Å². The zero-order valence-electron chi connectivity index (χ0n) is 17.4. The van der Waals surface area contributed by atoms with E-state index in [9.17, 15) is 9.59 Å². The van der Waals surface area contributed by atoms with Gasteiger partial charge in [-0.15, -0.1) is 0 Å². The Labute approximate surface area is 184 Å². The first-order valence-corrected chi connectivity index (χ1v) is 10.2. The Morgan fingerprint density at radius 2 is 1.72 bits per heavy atom. The Morgan fingerprint density at radius 3 is 2.56 bits per heavy atom. The first-order chi connectivity index (χ1) is 15.6. The van der Waals surface area contributed by atoms with Crippen molar-refractivity contribution in [3.63, 3.8) is 0 Å². The third kappa shape index (κ3) is 3.61. The molecule has 0 radical (unpaired) electrons. The maximum atomic E-state index is 12.7. The molecule has 0 bridgehead atoms. The average Bonchev–Trinajstić information content (AvgIpc) is 3.46. The zero-order valence-corrected chi connectivity index (χ0v) is 17.4. The number of para-hydroxylation sites is 1. The van der Waals surface area contributed by atoms with Crippen LogP contribution in [0.1, 0.15) is 26.5 Å². The lowest BCUT2D eigenvalue weighted by Crippen LogP contribution is -2.11. The van der Waals surface area contributed by atoms with Crippen molar-refractivity contribution in [2.24, 2.45) is 7.05 Å².